The lowest BCUT2D eigenvalue weighted by Crippen LogP contribution is -2.44. The van der Waals surface area contributed by atoms with Crippen molar-refractivity contribution < 1.29 is 14.3 Å². The van der Waals surface area contributed by atoms with E-state index in [4.69, 9.17) is 32.7 Å². The van der Waals surface area contributed by atoms with Crippen LogP contribution in [0, 0.1) is 5.92 Å². The Bertz CT molecular complexity index is 894. The largest absolute Gasteiger partial charge is 0.488 e. The molecule has 0 saturated carbocycles. The van der Waals surface area contributed by atoms with E-state index < -0.39 is 0 Å². The fourth-order valence-corrected chi connectivity index (χ4v) is 4.66. The van der Waals surface area contributed by atoms with Crippen LogP contribution >= 0.6 is 23.2 Å². The summed E-state index contributed by atoms with van der Waals surface area (Å²) < 4.78 is 11.4. The molecular formula is C24H28Cl2N2O3. The van der Waals surface area contributed by atoms with E-state index in [0.29, 0.717) is 27.3 Å². The van der Waals surface area contributed by atoms with Gasteiger partial charge in [-0.25, -0.2) is 0 Å². The van der Waals surface area contributed by atoms with Crippen LogP contribution in [0.1, 0.15) is 28.8 Å². The van der Waals surface area contributed by atoms with Crippen molar-refractivity contribution in [2.75, 3.05) is 45.9 Å². The predicted octanol–water partition coefficient (Wildman–Crippen LogP) is 4.76. The molecule has 1 amide bonds. The van der Waals surface area contributed by atoms with Crippen molar-refractivity contribution in [3.05, 3.63) is 63.6 Å². The molecule has 0 aromatic heterocycles. The summed E-state index contributed by atoms with van der Waals surface area (Å²) in [4.78, 5) is 17.7. The van der Waals surface area contributed by atoms with Crippen LogP contribution in [-0.2, 0) is 11.3 Å². The Balaban J connectivity index is 1.34. The fraction of sp³-hybridized carbons (Fsp3) is 0.458. The fourth-order valence-electron chi connectivity index (χ4n) is 4.20. The summed E-state index contributed by atoms with van der Waals surface area (Å²) in [6, 6.07) is 12.7. The van der Waals surface area contributed by atoms with Gasteiger partial charge in [-0.1, -0.05) is 41.4 Å². The molecule has 2 aromatic rings. The van der Waals surface area contributed by atoms with E-state index in [-0.39, 0.29) is 12.5 Å². The molecule has 0 radical (unpaired) electrons. The minimum absolute atomic E-state index is 0.0302. The first-order valence-corrected chi connectivity index (χ1v) is 11.6. The standard InChI is InChI=1S/C24H28Cl2N2O3/c25-20-6-5-19(22(26)15-20)17-31-23-4-2-1-3-21(23)24(29)28-9-7-18(8-10-28)16-27-11-13-30-14-12-27/h1-6,15,18H,7-14,16-17H2. The quantitative estimate of drug-likeness (QED) is 0.620. The first kappa shape index (κ1) is 22.4. The topological polar surface area (TPSA) is 42.0 Å². The summed E-state index contributed by atoms with van der Waals surface area (Å²) >= 11 is 12.2. The number of amides is 1. The highest BCUT2D eigenvalue weighted by Crippen LogP contribution is 2.27. The summed E-state index contributed by atoms with van der Waals surface area (Å²) in [6.07, 6.45) is 2.07. The number of carbonyl (C=O) groups excluding carboxylic acids is 1. The summed E-state index contributed by atoms with van der Waals surface area (Å²) in [6.45, 7) is 6.64. The van der Waals surface area contributed by atoms with E-state index >= 15 is 0 Å². The molecule has 0 bridgehead atoms. The van der Waals surface area contributed by atoms with Crippen LogP contribution in [0.5, 0.6) is 5.75 Å². The van der Waals surface area contributed by atoms with Crippen LogP contribution < -0.4 is 4.74 Å². The first-order valence-electron chi connectivity index (χ1n) is 10.9. The zero-order valence-corrected chi connectivity index (χ0v) is 19.1. The second-order valence-electron chi connectivity index (χ2n) is 8.17. The van der Waals surface area contributed by atoms with Crippen LogP contribution in [0.3, 0.4) is 0 Å². The third kappa shape index (κ3) is 5.92. The maximum absolute atomic E-state index is 13.2. The molecule has 0 N–H and O–H groups in total. The van der Waals surface area contributed by atoms with Gasteiger partial charge in [-0.05, 0) is 43.0 Å². The smallest absolute Gasteiger partial charge is 0.257 e. The van der Waals surface area contributed by atoms with Crippen LogP contribution in [-0.4, -0.2) is 61.6 Å². The van der Waals surface area contributed by atoms with Crippen LogP contribution in [0.2, 0.25) is 10.0 Å². The number of piperidine rings is 1. The molecule has 31 heavy (non-hydrogen) atoms. The Hall–Kier alpha value is -1.79. The lowest BCUT2D eigenvalue weighted by atomic mass is 9.95. The highest BCUT2D eigenvalue weighted by atomic mass is 35.5. The molecule has 2 saturated heterocycles. The van der Waals surface area contributed by atoms with E-state index in [2.05, 4.69) is 4.90 Å². The Labute approximate surface area is 193 Å². The highest BCUT2D eigenvalue weighted by molar-refractivity contribution is 6.35. The number of hydrogen-bond donors (Lipinski definition) is 0. The molecule has 2 fully saturated rings. The van der Waals surface area contributed by atoms with Gasteiger partial charge in [0.2, 0.25) is 0 Å². The van der Waals surface area contributed by atoms with E-state index in [9.17, 15) is 4.79 Å². The Morgan fingerprint density at radius 1 is 1.03 bits per heavy atom. The number of nitrogens with zero attached hydrogens (tertiary/aromatic N) is 2. The minimum atomic E-state index is 0.0302. The Kier molecular flexibility index (Phi) is 7.72. The molecule has 0 spiro atoms. The molecule has 4 rings (SSSR count). The van der Waals surface area contributed by atoms with Gasteiger partial charge in [0.25, 0.3) is 5.91 Å². The zero-order valence-electron chi connectivity index (χ0n) is 17.6. The van der Waals surface area contributed by atoms with Crippen molar-refractivity contribution in [2.24, 2.45) is 5.92 Å². The molecule has 0 unspecified atom stereocenters. The third-order valence-corrected chi connectivity index (χ3v) is 6.62. The molecule has 0 atom stereocenters. The van der Waals surface area contributed by atoms with Crippen molar-refractivity contribution in [2.45, 2.75) is 19.4 Å². The van der Waals surface area contributed by atoms with Gasteiger partial charge in [-0.2, -0.15) is 0 Å². The van der Waals surface area contributed by atoms with Gasteiger partial charge < -0.3 is 14.4 Å². The van der Waals surface area contributed by atoms with Gasteiger partial charge in [0.1, 0.15) is 12.4 Å². The first-order chi connectivity index (χ1) is 15.1. The minimum Gasteiger partial charge on any atom is -0.488 e. The molecular weight excluding hydrogens is 435 g/mol. The monoisotopic (exact) mass is 462 g/mol. The van der Waals surface area contributed by atoms with Gasteiger partial charge in [-0.15, -0.1) is 0 Å². The van der Waals surface area contributed by atoms with E-state index in [1.807, 2.05) is 35.2 Å². The maximum atomic E-state index is 13.2. The average Bonchev–Trinajstić information content (AvgIpc) is 2.79. The SMILES string of the molecule is O=C(c1ccccc1OCc1ccc(Cl)cc1Cl)N1CCC(CN2CCOCC2)CC1. The molecule has 2 aliphatic rings. The molecule has 2 aliphatic heterocycles. The maximum Gasteiger partial charge on any atom is 0.257 e. The lowest BCUT2D eigenvalue weighted by Gasteiger charge is -2.36. The number of ether oxygens (including phenoxy) is 2. The Morgan fingerprint density at radius 2 is 1.77 bits per heavy atom. The number of hydrogen-bond acceptors (Lipinski definition) is 4. The second kappa shape index (κ2) is 10.7. The van der Waals surface area contributed by atoms with Crippen molar-refractivity contribution in [1.82, 2.24) is 9.80 Å². The number of halogens is 2. The van der Waals surface area contributed by atoms with Gasteiger partial charge in [-0.3, -0.25) is 9.69 Å². The number of rotatable bonds is 6. The summed E-state index contributed by atoms with van der Waals surface area (Å²) in [5.41, 5.74) is 1.43. The molecule has 5 nitrogen and oxygen atoms in total. The number of carbonyl (C=O) groups is 1. The normalized spacial score (nSPS) is 18.2. The van der Waals surface area contributed by atoms with Gasteiger partial charge in [0, 0.05) is 48.3 Å². The van der Waals surface area contributed by atoms with Crippen LogP contribution in [0.25, 0.3) is 0 Å². The number of para-hydroxylation sites is 1. The zero-order chi connectivity index (χ0) is 21.6. The summed E-state index contributed by atoms with van der Waals surface area (Å²) in [7, 11) is 0. The summed E-state index contributed by atoms with van der Waals surface area (Å²) in [5.74, 6) is 1.25. The van der Waals surface area contributed by atoms with Crippen LogP contribution in [0.4, 0.5) is 0 Å². The van der Waals surface area contributed by atoms with Crippen molar-refractivity contribution in [3.8, 4) is 5.75 Å². The third-order valence-electron chi connectivity index (χ3n) is 6.04. The van der Waals surface area contributed by atoms with Crippen molar-refractivity contribution >= 4 is 29.1 Å². The molecule has 0 aliphatic carbocycles. The predicted molar refractivity (Wildman–Crippen MR) is 123 cm³/mol. The molecule has 7 heteroatoms. The van der Waals surface area contributed by atoms with Gasteiger partial charge in [0.05, 0.1) is 18.8 Å². The van der Waals surface area contributed by atoms with Crippen LogP contribution in [0.15, 0.2) is 42.5 Å². The van der Waals surface area contributed by atoms with E-state index in [1.54, 1.807) is 12.1 Å². The van der Waals surface area contributed by atoms with Gasteiger partial charge in [0.15, 0.2) is 0 Å². The lowest BCUT2D eigenvalue weighted by molar-refractivity contribution is 0.0242. The number of benzene rings is 2. The Morgan fingerprint density at radius 3 is 2.52 bits per heavy atom. The number of morpholine rings is 1. The van der Waals surface area contributed by atoms with Crippen molar-refractivity contribution in [1.29, 1.82) is 0 Å². The van der Waals surface area contributed by atoms with E-state index in [0.717, 1.165) is 64.3 Å². The van der Waals surface area contributed by atoms with E-state index in [1.165, 1.54) is 0 Å². The highest BCUT2D eigenvalue weighted by Gasteiger charge is 2.27. The molecule has 166 valence electrons. The van der Waals surface area contributed by atoms with Crippen molar-refractivity contribution in [3.63, 3.8) is 0 Å². The second-order valence-corrected chi connectivity index (χ2v) is 9.01. The molecule has 2 aromatic carbocycles. The average molecular weight is 463 g/mol. The molecule has 2 heterocycles. The summed E-state index contributed by atoms with van der Waals surface area (Å²) in [5, 5.41) is 1.14. The number of likely N-dealkylation sites (tertiary alicyclic amines) is 1. The van der Waals surface area contributed by atoms with Gasteiger partial charge >= 0.3 is 0 Å².